The molecule has 0 atom stereocenters. The van der Waals surface area contributed by atoms with Crippen LogP contribution in [0.25, 0.3) is 109 Å². The van der Waals surface area contributed by atoms with Crippen molar-refractivity contribution < 1.29 is 8.83 Å². The molecule has 0 fully saturated rings. The van der Waals surface area contributed by atoms with Crippen molar-refractivity contribution in [3.63, 3.8) is 0 Å². The summed E-state index contributed by atoms with van der Waals surface area (Å²) in [6.45, 7) is 0. The van der Waals surface area contributed by atoms with Gasteiger partial charge in [-0.3, -0.25) is 0 Å². The molecule has 5 heteroatoms. The van der Waals surface area contributed by atoms with Gasteiger partial charge >= 0.3 is 0 Å². The van der Waals surface area contributed by atoms with Crippen LogP contribution in [0.2, 0.25) is 0 Å². The van der Waals surface area contributed by atoms with Gasteiger partial charge in [-0.05, 0) is 102 Å². The highest BCUT2D eigenvalue weighted by molar-refractivity contribution is 7.25. The van der Waals surface area contributed by atoms with E-state index in [1.165, 1.54) is 20.2 Å². The minimum atomic E-state index is 0.831. The fourth-order valence-corrected chi connectivity index (χ4v) is 8.47. The highest BCUT2D eigenvalue weighted by Crippen LogP contribution is 2.38. The standard InChI is InChI=1S/C46H26N2O2S/c1-3-13-41-31(7-1)33-23-27(15-19-42(33)49-41)28-16-20-43-34(24-28)35-25-29(17-21-44(35)50-43)37-9-5-11-39(47-37)40-12-6-10-38(48-40)30-18-22-46-36(26-30)32-8-2-4-14-45(32)51-46/h1-26H. The third-order valence-corrected chi connectivity index (χ3v) is 11.1. The van der Waals surface area contributed by atoms with Gasteiger partial charge in [0.05, 0.1) is 22.8 Å². The molecule has 238 valence electrons. The summed E-state index contributed by atoms with van der Waals surface area (Å²) < 4.78 is 15.0. The summed E-state index contributed by atoms with van der Waals surface area (Å²) in [6.07, 6.45) is 0. The van der Waals surface area contributed by atoms with E-state index in [1.54, 1.807) is 0 Å². The predicted molar refractivity (Wildman–Crippen MR) is 211 cm³/mol. The Morgan fingerprint density at radius 2 is 0.765 bits per heavy atom. The lowest BCUT2D eigenvalue weighted by atomic mass is 10.00. The number of furan rings is 2. The van der Waals surface area contributed by atoms with Crippen molar-refractivity contribution in [2.75, 3.05) is 0 Å². The molecule has 0 aliphatic heterocycles. The molecule has 4 nitrogen and oxygen atoms in total. The van der Waals surface area contributed by atoms with Crippen LogP contribution in [0, 0.1) is 0 Å². The monoisotopic (exact) mass is 670 g/mol. The van der Waals surface area contributed by atoms with E-state index >= 15 is 0 Å². The van der Waals surface area contributed by atoms with Gasteiger partial charge in [-0.1, -0.05) is 66.7 Å². The molecule has 0 spiro atoms. The van der Waals surface area contributed by atoms with E-state index in [4.69, 9.17) is 18.8 Å². The highest BCUT2D eigenvalue weighted by atomic mass is 32.1. The van der Waals surface area contributed by atoms with Gasteiger partial charge in [0, 0.05) is 52.8 Å². The minimum Gasteiger partial charge on any atom is -0.456 e. The van der Waals surface area contributed by atoms with Gasteiger partial charge in [0.1, 0.15) is 22.3 Å². The molecule has 0 N–H and O–H groups in total. The number of thiophene rings is 1. The third kappa shape index (κ3) is 4.59. The molecular formula is C46H26N2O2S. The number of hydrogen-bond acceptors (Lipinski definition) is 5. The predicted octanol–water partition coefficient (Wildman–Crippen LogP) is 13.3. The van der Waals surface area contributed by atoms with Crippen molar-refractivity contribution in [3.05, 3.63) is 158 Å². The molecule has 6 aromatic carbocycles. The van der Waals surface area contributed by atoms with Crippen molar-refractivity contribution in [1.29, 1.82) is 0 Å². The number of benzene rings is 6. The molecule has 0 unspecified atom stereocenters. The molecule has 11 aromatic rings. The highest BCUT2D eigenvalue weighted by Gasteiger charge is 2.14. The first-order chi connectivity index (χ1) is 25.2. The van der Waals surface area contributed by atoms with E-state index in [9.17, 15) is 0 Å². The molecule has 0 amide bonds. The summed E-state index contributed by atoms with van der Waals surface area (Å²) in [6, 6.07) is 54.9. The SMILES string of the molecule is c1cc(-c2ccc3oc4ccc(-c5ccc6oc7ccccc7c6c5)cc4c3c2)nc(-c2cccc(-c3ccc4sc5ccccc5c4c3)n2)c1. The van der Waals surface area contributed by atoms with Crippen molar-refractivity contribution in [2.45, 2.75) is 0 Å². The van der Waals surface area contributed by atoms with Gasteiger partial charge in [-0.2, -0.15) is 0 Å². The maximum absolute atomic E-state index is 6.30. The van der Waals surface area contributed by atoms with E-state index in [0.717, 1.165) is 88.9 Å². The zero-order valence-corrected chi connectivity index (χ0v) is 27.9. The molecular weight excluding hydrogens is 645 g/mol. The number of rotatable bonds is 4. The second-order valence-electron chi connectivity index (χ2n) is 13.0. The fourth-order valence-electron chi connectivity index (χ4n) is 7.38. The molecule has 0 aliphatic carbocycles. The average Bonchev–Trinajstić information content (AvgIpc) is 3.88. The summed E-state index contributed by atoms with van der Waals surface area (Å²) >= 11 is 1.83. The maximum atomic E-state index is 6.30. The number of hydrogen-bond donors (Lipinski definition) is 0. The van der Waals surface area contributed by atoms with Gasteiger partial charge in [-0.15, -0.1) is 11.3 Å². The lowest BCUT2D eigenvalue weighted by Crippen LogP contribution is -1.92. The fraction of sp³-hybridized carbons (Fsp3) is 0. The van der Waals surface area contributed by atoms with Crippen LogP contribution in [0.3, 0.4) is 0 Å². The van der Waals surface area contributed by atoms with E-state index in [1.807, 2.05) is 41.7 Å². The van der Waals surface area contributed by atoms with Crippen LogP contribution < -0.4 is 0 Å². The zero-order chi connectivity index (χ0) is 33.5. The van der Waals surface area contributed by atoms with Crippen LogP contribution >= 0.6 is 11.3 Å². The Morgan fingerprint density at radius 1 is 0.314 bits per heavy atom. The second kappa shape index (κ2) is 11.0. The molecule has 0 saturated heterocycles. The van der Waals surface area contributed by atoms with Crippen LogP contribution in [0.15, 0.2) is 167 Å². The van der Waals surface area contributed by atoms with Gasteiger partial charge in [0.2, 0.25) is 0 Å². The molecule has 5 heterocycles. The van der Waals surface area contributed by atoms with Crippen molar-refractivity contribution >= 4 is 75.4 Å². The number of pyridine rings is 2. The lowest BCUT2D eigenvalue weighted by Gasteiger charge is -2.07. The summed E-state index contributed by atoms with van der Waals surface area (Å²) in [5.41, 5.74) is 11.4. The zero-order valence-electron chi connectivity index (χ0n) is 27.1. The van der Waals surface area contributed by atoms with Crippen LogP contribution in [-0.2, 0) is 0 Å². The topological polar surface area (TPSA) is 52.1 Å². The summed E-state index contributed by atoms with van der Waals surface area (Å²) in [5, 5.41) is 6.92. The smallest absolute Gasteiger partial charge is 0.135 e. The number of para-hydroxylation sites is 1. The van der Waals surface area contributed by atoms with E-state index in [0.29, 0.717) is 0 Å². The number of aromatic nitrogens is 2. The quantitative estimate of drug-likeness (QED) is 0.187. The first-order valence-electron chi connectivity index (χ1n) is 17.0. The van der Waals surface area contributed by atoms with Crippen LogP contribution in [-0.4, -0.2) is 9.97 Å². The van der Waals surface area contributed by atoms with Crippen LogP contribution in [0.4, 0.5) is 0 Å². The average molecular weight is 671 g/mol. The Morgan fingerprint density at radius 3 is 1.43 bits per heavy atom. The Bertz CT molecular complexity index is 3170. The van der Waals surface area contributed by atoms with Crippen LogP contribution in [0.1, 0.15) is 0 Å². The third-order valence-electron chi connectivity index (χ3n) is 9.91. The largest absolute Gasteiger partial charge is 0.456 e. The van der Waals surface area contributed by atoms with Gasteiger partial charge in [-0.25, -0.2) is 9.97 Å². The summed E-state index contributed by atoms with van der Waals surface area (Å²) in [7, 11) is 0. The Kier molecular flexibility index (Phi) is 6.09. The first-order valence-corrected chi connectivity index (χ1v) is 17.8. The van der Waals surface area contributed by atoms with E-state index in [-0.39, 0.29) is 0 Å². The molecule has 5 aromatic heterocycles. The van der Waals surface area contributed by atoms with Crippen molar-refractivity contribution in [2.24, 2.45) is 0 Å². The molecule has 11 rings (SSSR count). The minimum absolute atomic E-state index is 0.831. The molecule has 51 heavy (non-hydrogen) atoms. The lowest BCUT2D eigenvalue weighted by molar-refractivity contribution is 0.668. The Labute approximate surface area is 295 Å². The molecule has 0 radical (unpaired) electrons. The van der Waals surface area contributed by atoms with Crippen LogP contribution in [0.5, 0.6) is 0 Å². The number of fused-ring (bicyclic) bond motifs is 9. The van der Waals surface area contributed by atoms with Crippen molar-refractivity contribution in [3.8, 4) is 45.0 Å². The summed E-state index contributed by atoms with van der Waals surface area (Å²) in [5.74, 6) is 0. The normalized spacial score (nSPS) is 11.9. The molecule has 0 bridgehead atoms. The molecule has 0 saturated carbocycles. The van der Waals surface area contributed by atoms with E-state index < -0.39 is 0 Å². The van der Waals surface area contributed by atoms with Crippen molar-refractivity contribution in [1.82, 2.24) is 9.97 Å². The second-order valence-corrected chi connectivity index (χ2v) is 14.0. The number of nitrogens with zero attached hydrogens (tertiary/aromatic N) is 2. The molecule has 0 aliphatic rings. The maximum Gasteiger partial charge on any atom is 0.135 e. The Balaban J connectivity index is 0.960. The van der Waals surface area contributed by atoms with Gasteiger partial charge < -0.3 is 8.83 Å². The van der Waals surface area contributed by atoms with Gasteiger partial charge in [0.25, 0.3) is 0 Å². The Hall–Kier alpha value is -6.56. The van der Waals surface area contributed by atoms with Gasteiger partial charge in [0.15, 0.2) is 0 Å². The first kappa shape index (κ1) is 28.3. The van der Waals surface area contributed by atoms with E-state index in [2.05, 4.69) is 127 Å². The summed E-state index contributed by atoms with van der Waals surface area (Å²) in [4.78, 5) is 10.2.